The van der Waals surface area contributed by atoms with Crippen LogP contribution in [-0.2, 0) is 62.6 Å². The number of carbonyl (C=O) groups is 3. The van der Waals surface area contributed by atoms with Crippen LogP contribution in [0.25, 0.3) is 0 Å². The van der Waals surface area contributed by atoms with E-state index in [4.69, 9.17) is 0 Å². The molecule has 0 bridgehead atoms. The number of hydrogen-bond donors (Lipinski definition) is 0. The van der Waals surface area contributed by atoms with Gasteiger partial charge in [0, 0.05) is 19.6 Å². The Morgan fingerprint density at radius 2 is 0.778 bits per heavy atom. The van der Waals surface area contributed by atoms with E-state index in [0.717, 1.165) is 35.0 Å². The first kappa shape index (κ1) is 38.0. The van der Waals surface area contributed by atoms with E-state index in [2.05, 4.69) is 29.2 Å². The summed E-state index contributed by atoms with van der Waals surface area (Å²) in [5.41, 5.74) is -2.63. The number of ether oxygens (including phenoxy) is 3. The lowest BCUT2D eigenvalue weighted by molar-refractivity contribution is -0.143. The van der Waals surface area contributed by atoms with Crippen molar-refractivity contribution in [3.63, 3.8) is 0 Å². The minimum Gasteiger partial charge on any atom is -0.467 e. The Morgan fingerprint density at radius 3 is 0.978 bits per heavy atom. The van der Waals surface area contributed by atoms with Crippen LogP contribution in [0.1, 0.15) is 57.8 Å². The maximum absolute atomic E-state index is 13.3. The van der Waals surface area contributed by atoms with Gasteiger partial charge in [-0.1, -0.05) is 0 Å². The van der Waals surface area contributed by atoms with E-state index < -0.39 is 53.1 Å². The van der Waals surface area contributed by atoms with Gasteiger partial charge in [0.1, 0.15) is 0 Å². The molecule has 0 fully saturated rings. The molecule has 0 saturated heterocycles. The normalized spacial score (nSPS) is 12.3. The number of esters is 3. The molecule has 1 aromatic heterocycles. The van der Waals surface area contributed by atoms with Gasteiger partial charge in [-0.2, -0.15) is 15.0 Å². The fourth-order valence-electron chi connectivity index (χ4n) is 4.38. The third kappa shape index (κ3) is 11.9. The van der Waals surface area contributed by atoms with E-state index in [1.54, 1.807) is 0 Å². The standard InChI is InChI=1S/C27H36N6O12/c1-43-22(37)19(28-16-34)10-4-7-13-31-25(40)32(14-8-5-11-20(29-17-35)23(38)44-2)27(42)33(26(31)41)15-9-6-12-21(30-18-36)24(39)45-3/h19-21H,4-15H2,1-3H3. The van der Waals surface area contributed by atoms with Crippen molar-refractivity contribution in [2.45, 2.75) is 95.5 Å². The molecule has 0 spiro atoms. The van der Waals surface area contributed by atoms with Gasteiger partial charge in [0.25, 0.3) is 0 Å². The number of methoxy groups -OCH3 is 3. The van der Waals surface area contributed by atoms with Gasteiger partial charge < -0.3 is 14.2 Å². The summed E-state index contributed by atoms with van der Waals surface area (Å²) in [5.74, 6) is -2.23. The van der Waals surface area contributed by atoms with E-state index in [-0.39, 0.29) is 77.4 Å². The van der Waals surface area contributed by atoms with Gasteiger partial charge in [0.05, 0.1) is 21.3 Å². The molecule has 3 unspecified atom stereocenters. The number of carbonyl (C=O) groups excluding carboxylic acids is 6. The van der Waals surface area contributed by atoms with Gasteiger partial charge in [0.2, 0.25) is 18.2 Å². The minimum absolute atomic E-state index is 0.0831. The summed E-state index contributed by atoms with van der Waals surface area (Å²) >= 11 is 0. The third-order valence-corrected chi connectivity index (χ3v) is 6.76. The maximum Gasteiger partial charge on any atom is 0.336 e. The van der Waals surface area contributed by atoms with Crippen molar-refractivity contribution in [2.75, 3.05) is 21.3 Å². The molecule has 45 heavy (non-hydrogen) atoms. The first-order valence-corrected chi connectivity index (χ1v) is 14.0. The number of aromatic nitrogens is 3. The van der Waals surface area contributed by atoms with E-state index in [1.807, 2.05) is 0 Å². The molecular formula is C27H36N6O12. The Labute approximate surface area is 256 Å². The molecule has 0 saturated carbocycles. The molecule has 1 rings (SSSR count). The van der Waals surface area contributed by atoms with Crippen molar-refractivity contribution in [3.8, 4) is 0 Å². The fourth-order valence-corrected chi connectivity index (χ4v) is 4.38. The van der Waals surface area contributed by atoms with Crippen LogP contribution in [0, 0.1) is 0 Å². The molecule has 18 heteroatoms. The van der Waals surface area contributed by atoms with Crippen LogP contribution in [-0.4, -0.2) is 89.3 Å². The minimum atomic E-state index is -1.09. The second kappa shape index (κ2) is 20.8. The Hall–Kier alpha value is -5.04. The van der Waals surface area contributed by atoms with Gasteiger partial charge in [-0.3, -0.25) is 0 Å². The number of nitrogens with zero attached hydrogens (tertiary/aromatic N) is 6. The van der Waals surface area contributed by atoms with Crippen molar-refractivity contribution in [3.05, 3.63) is 31.5 Å². The summed E-state index contributed by atoms with van der Waals surface area (Å²) in [6, 6.07) is -3.28. The van der Waals surface area contributed by atoms with Gasteiger partial charge in [0.15, 0.2) is 18.1 Å². The van der Waals surface area contributed by atoms with Gasteiger partial charge in [-0.25, -0.2) is 56.9 Å². The van der Waals surface area contributed by atoms with Gasteiger partial charge >= 0.3 is 35.0 Å². The highest BCUT2D eigenvalue weighted by molar-refractivity contribution is 5.77. The zero-order valence-corrected chi connectivity index (χ0v) is 25.3. The molecule has 0 N–H and O–H groups in total. The molecule has 3 atom stereocenters. The molecule has 0 radical (unpaired) electrons. The second-order valence-electron chi connectivity index (χ2n) is 9.57. The topological polar surface area (TPSA) is 233 Å². The van der Waals surface area contributed by atoms with Crippen molar-refractivity contribution >= 4 is 36.1 Å². The van der Waals surface area contributed by atoms with Crippen molar-refractivity contribution in [2.24, 2.45) is 15.0 Å². The molecular weight excluding hydrogens is 600 g/mol. The molecule has 0 aromatic carbocycles. The highest BCUT2D eigenvalue weighted by atomic mass is 16.5. The molecule has 0 aliphatic carbocycles. The summed E-state index contributed by atoms with van der Waals surface area (Å²) in [5, 5.41) is 0. The molecule has 246 valence electrons. The van der Waals surface area contributed by atoms with Gasteiger partial charge in [-0.15, -0.1) is 0 Å². The predicted octanol–water partition coefficient (Wildman–Crippen LogP) is -0.685. The lowest BCUT2D eigenvalue weighted by Gasteiger charge is -2.15. The molecule has 0 aliphatic heterocycles. The molecule has 18 nitrogen and oxygen atoms in total. The van der Waals surface area contributed by atoms with E-state index in [0.29, 0.717) is 0 Å². The smallest absolute Gasteiger partial charge is 0.336 e. The van der Waals surface area contributed by atoms with E-state index in [1.165, 1.54) is 18.2 Å². The number of hydrogen-bond acceptors (Lipinski definition) is 15. The largest absolute Gasteiger partial charge is 0.467 e. The lowest BCUT2D eigenvalue weighted by atomic mass is 10.1. The second-order valence-corrected chi connectivity index (χ2v) is 9.57. The Balaban J connectivity index is 3.22. The summed E-state index contributed by atoms with van der Waals surface area (Å²) in [6.45, 7) is -0.394. The number of rotatable bonds is 21. The number of isocyanates is 3. The zero-order chi connectivity index (χ0) is 33.8. The Kier molecular flexibility index (Phi) is 17.6. The zero-order valence-electron chi connectivity index (χ0n) is 25.3. The highest BCUT2D eigenvalue weighted by Gasteiger charge is 2.21. The summed E-state index contributed by atoms with van der Waals surface area (Å²) < 4.78 is 16.4. The van der Waals surface area contributed by atoms with Crippen LogP contribution >= 0.6 is 0 Å². The molecule has 0 aliphatic rings. The average Bonchev–Trinajstić information content (AvgIpc) is 3.04. The average molecular weight is 637 g/mol. The SMILES string of the molecule is COC(=O)C(CCCCn1c(=O)n(CCCCC(N=C=O)C(=O)OC)c(=O)n(CCCCC(N=C=O)C(=O)OC)c1=O)N=C=O. The molecule has 1 heterocycles. The van der Waals surface area contributed by atoms with Crippen LogP contribution < -0.4 is 17.1 Å². The number of unbranched alkanes of at least 4 members (excludes halogenated alkanes) is 3. The highest BCUT2D eigenvalue weighted by Crippen LogP contribution is 2.09. The third-order valence-electron chi connectivity index (χ3n) is 6.76. The molecule has 1 aromatic rings. The van der Waals surface area contributed by atoms with Crippen LogP contribution in [0.15, 0.2) is 29.4 Å². The van der Waals surface area contributed by atoms with Crippen LogP contribution in [0.5, 0.6) is 0 Å². The van der Waals surface area contributed by atoms with Crippen LogP contribution in [0.2, 0.25) is 0 Å². The van der Waals surface area contributed by atoms with Crippen molar-refractivity contribution in [1.29, 1.82) is 0 Å². The quantitative estimate of drug-likeness (QED) is 0.0536. The Bertz CT molecular complexity index is 1290. The van der Waals surface area contributed by atoms with Crippen LogP contribution in [0.4, 0.5) is 0 Å². The monoisotopic (exact) mass is 636 g/mol. The lowest BCUT2D eigenvalue weighted by Crippen LogP contribution is -2.54. The van der Waals surface area contributed by atoms with E-state index in [9.17, 15) is 43.2 Å². The Morgan fingerprint density at radius 1 is 0.533 bits per heavy atom. The molecule has 0 amide bonds. The fraction of sp³-hybridized carbons (Fsp3) is 0.667. The summed E-state index contributed by atoms with van der Waals surface area (Å²) in [4.78, 5) is 117. The van der Waals surface area contributed by atoms with Crippen molar-refractivity contribution < 1.29 is 43.0 Å². The van der Waals surface area contributed by atoms with E-state index >= 15 is 0 Å². The first-order chi connectivity index (χ1) is 21.6. The first-order valence-electron chi connectivity index (χ1n) is 14.0. The maximum atomic E-state index is 13.3. The number of aliphatic imine (C=N–C) groups is 3. The summed E-state index contributed by atoms with van der Waals surface area (Å²) in [6.07, 6.45) is 5.53. The predicted molar refractivity (Wildman–Crippen MR) is 153 cm³/mol. The van der Waals surface area contributed by atoms with Crippen molar-refractivity contribution in [1.82, 2.24) is 13.7 Å². The van der Waals surface area contributed by atoms with Crippen LogP contribution in [0.3, 0.4) is 0 Å². The van der Waals surface area contributed by atoms with Gasteiger partial charge in [-0.05, 0) is 57.8 Å². The summed E-state index contributed by atoms with van der Waals surface area (Å²) in [7, 11) is 3.41.